The number of nitrogens with one attached hydrogen (secondary N) is 4. The third-order valence-electron chi connectivity index (χ3n) is 6.92. The first-order chi connectivity index (χ1) is 18.1. The van der Waals surface area contributed by atoms with Crippen molar-refractivity contribution in [1.29, 1.82) is 0 Å². The molecule has 1 aliphatic rings. The molecule has 7 heteroatoms. The van der Waals surface area contributed by atoms with Crippen LogP contribution in [0.3, 0.4) is 0 Å². The zero-order valence-electron chi connectivity index (χ0n) is 23.8. The van der Waals surface area contributed by atoms with Gasteiger partial charge in [-0.15, -0.1) is 6.58 Å². The molecule has 214 valence electrons. The topological polar surface area (TPSA) is 94.8 Å². The maximum absolute atomic E-state index is 11.9. The smallest absolute Gasteiger partial charge is 0.315 e. The molecule has 37 heavy (non-hydrogen) atoms. The Labute approximate surface area is 227 Å². The summed E-state index contributed by atoms with van der Waals surface area (Å²) in [6, 6.07) is -0.193. The molecule has 7 nitrogen and oxygen atoms in total. The highest BCUT2D eigenvalue weighted by Crippen LogP contribution is 2.28. The van der Waals surface area contributed by atoms with Gasteiger partial charge in [-0.2, -0.15) is 0 Å². The molecule has 0 aromatic rings. The Morgan fingerprint density at radius 2 is 1.32 bits per heavy atom. The Kier molecular flexibility index (Phi) is 20.6. The van der Waals surface area contributed by atoms with Crippen LogP contribution in [-0.2, 0) is 4.74 Å². The number of carbonyl (C=O) groups excluding carboxylic acids is 2. The van der Waals surface area contributed by atoms with Crippen molar-refractivity contribution in [3.05, 3.63) is 24.8 Å². The van der Waals surface area contributed by atoms with E-state index in [1.807, 2.05) is 12.2 Å². The summed E-state index contributed by atoms with van der Waals surface area (Å²) in [6.45, 7) is 11.0. The van der Waals surface area contributed by atoms with E-state index in [4.69, 9.17) is 4.74 Å². The van der Waals surface area contributed by atoms with Crippen LogP contribution in [0.5, 0.6) is 0 Å². The minimum absolute atomic E-state index is 0.0957. The molecular formula is C30H56N4O3. The van der Waals surface area contributed by atoms with E-state index in [0.717, 1.165) is 45.2 Å². The SMILES string of the molecule is C=CC(C/C=C/CNC(=O)NCCCCCCCC)CCC1OC1CNC(=O)NCCCCCCCC. The largest absolute Gasteiger partial charge is 0.368 e. The van der Waals surface area contributed by atoms with E-state index in [0.29, 0.717) is 19.0 Å². The van der Waals surface area contributed by atoms with E-state index in [-0.39, 0.29) is 24.3 Å². The molecule has 0 saturated carbocycles. The van der Waals surface area contributed by atoms with Gasteiger partial charge in [-0.1, -0.05) is 96.3 Å². The van der Waals surface area contributed by atoms with Crippen LogP contribution in [0.25, 0.3) is 0 Å². The molecule has 1 aliphatic heterocycles. The fraction of sp³-hybridized carbons (Fsp3) is 0.800. The van der Waals surface area contributed by atoms with Gasteiger partial charge in [0.25, 0.3) is 0 Å². The molecule has 3 atom stereocenters. The van der Waals surface area contributed by atoms with E-state index in [1.165, 1.54) is 64.2 Å². The Balaban J connectivity index is 1.99. The molecule has 4 amide bonds. The fourth-order valence-corrected chi connectivity index (χ4v) is 4.36. The zero-order chi connectivity index (χ0) is 27.0. The standard InChI is InChI=1S/C30H56N4O3/c1-4-7-9-11-13-16-22-31-29(35)32-24-18-15-19-26(6-3)20-21-27-28(37-27)25-34-30(36)33-23-17-14-12-10-8-5-2/h6,15,18,26-28H,3-5,7-14,16-17,19-25H2,1-2H3,(H2,31,32,35)(H2,33,34,36)/b18-15+. The number of carbonyl (C=O) groups is 2. The van der Waals surface area contributed by atoms with E-state index in [1.54, 1.807) is 0 Å². The third kappa shape index (κ3) is 19.7. The first-order valence-electron chi connectivity index (χ1n) is 15.1. The Morgan fingerprint density at radius 1 is 0.757 bits per heavy atom. The molecule has 0 aromatic heterocycles. The third-order valence-corrected chi connectivity index (χ3v) is 6.92. The second kappa shape index (κ2) is 23.1. The lowest BCUT2D eigenvalue weighted by molar-refractivity contribution is 0.239. The highest BCUT2D eigenvalue weighted by molar-refractivity contribution is 5.74. The summed E-state index contributed by atoms with van der Waals surface area (Å²) >= 11 is 0. The van der Waals surface area contributed by atoms with Crippen LogP contribution in [-0.4, -0.2) is 50.4 Å². The minimum atomic E-state index is -0.0971. The van der Waals surface area contributed by atoms with Gasteiger partial charge >= 0.3 is 12.1 Å². The normalized spacial score (nSPS) is 17.4. The molecule has 1 fully saturated rings. The quantitative estimate of drug-likeness (QED) is 0.0656. The molecule has 0 aromatic carbocycles. The molecule has 1 rings (SSSR count). The predicted octanol–water partition coefficient (Wildman–Crippen LogP) is 6.60. The molecule has 1 saturated heterocycles. The van der Waals surface area contributed by atoms with Gasteiger partial charge in [0.2, 0.25) is 0 Å². The number of hydrogen-bond donors (Lipinski definition) is 4. The van der Waals surface area contributed by atoms with Gasteiger partial charge in [0, 0.05) is 26.2 Å². The minimum Gasteiger partial charge on any atom is -0.368 e. The average Bonchev–Trinajstić information content (AvgIpc) is 3.66. The lowest BCUT2D eigenvalue weighted by atomic mass is 9.97. The van der Waals surface area contributed by atoms with Crippen molar-refractivity contribution >= 4 is 12.1 Å². The van der Waals surface area contributed by atoms with Crippen molar-refractivity contribution in [3.63, 3.8) is 0 Å². The lowest BCUT2D eigenvalue weighted by Crippen LogP contribution is -2.38. The van der Waals surface area contributed by atoms with Gasteiger partial charge in [0.1, 0.15) is 6.10 Å². The van der Waals surface area contributed by atoms with Crippen LogP contribution in [0.4, 0.5) is 9.59 Å². The van der Waals surface area contributed by atoms with E-state index >= 15 is 0 Å². The number of allylic oxidation sites excluding steroid dienone is 2. The van der Waals surface area contributed by atoms with Crippen molar-refractivity contribution in [2.75, 3.05) is 26.2 Å². The molecule has 3 unspecified atom stereocenters. The van der Waals surface area contributed by atoms with Crippen LogP contribution in [0, 0.1) is 5.92 Å². The van der Waals surface area contributed by atoms with Gasteiger partial charge in [-0.25, -0.2) is 9.59 Å². The average molecular weight is 521 g/mol. The zero-order valence-corrected chi connectivity index (χ0v) is 23.8. The van der Waals surface area contributed by atoms with Crippen LogP contribution >= 0.6 is 0 Å². The van der Waals surface area contributed by atoms with Gasteiger partial charge in [0.15, 0.2) is 0 Å². The number of epoxide rings is 1. The van der Waals surface area contributed by atoms with Crippen LogP contribution < -0.4 is 21.3 Å². The molecule has 1 heterocycles. The highest BCUT2D eigenvalue weighted by Gasteiger charge is 2.38. The van der Waals surface area contributed by atoms with Crippen molar-refractivity contribution in [2.24, 2.45) is 5.92 Å². The number of rotatable bonds is 24. The van der Waals surface area contributed by atoms with Crippen molar-refractivity contribution < 1.29 is 14.3 Å². The van der Waals surface area contributed by atoms with Gasteiger partial charge in [0.05, 0.1) is 6.10 Å². The summed E-state index contributed by atoms with van der Waals surface area (Å²) in [4.78, 5) is 23.8. The van der Waals surface area contributed by atoms with Gasteiger partial charge in [-0.05, 0) is 38.0 Å². The van der Waals surface area contributed by atoms with Gasteiger partial charge < -0.3 is 26.0 Å². The monoisotopic (exact) mass is 520 g/mol. The molecule has 0 bridgehead atoms. The van der Waals surface area contributed by atoms with Crippen LogP contribution in [0.2, 0.25) is 0 Å². The Hall–Kier alpha value is -2.02. The summed E-state index contributed by atoms with van der Waals surface area (Å²) in [6.07, 6.45) is 24.0. The summed E-state index contributed by atoms with van der Waals surface area (Å²) in [5.74, 6) is 0.385. The Morgan fingerprint density at radius 3 is 1.92 bits per heavy atom. The summed E-state index contributed by atoms with van der Waals surface area (Å²) in [5, 5.41) is 11.7. The first-order valence-corrected chi connectivity index (χ1v) is 15.1. The highest BCUT2D eigenvalue weighted by atomic mass is 16.6. The van der Waals surface area contributed by atoms with Crippen LogP contribution in [0.15, 0.2) is 24.8 Å². The number of ether oxygens (including phenoxy) is 1. The van der Waals surface area contributed by atoms with E-state index in [9.17, 15) is 9.59 Å². The van der Waals surface area contributed by atoms with Crippen molar-refractivity contribution in [2.45, 2.75) is 122 Å². The number of hydrogen-bond acceptors (Lipinski definition) is 3. The maximum atomic E-state index is 11.9. The number of unbranched alkanes of at least 4 members (excludes halogenated alkanes) is 10. The number of amides is 4. The second-order valence-electron chi connectivity index (χ2n) is 10.3. The van der Waals surface area contributed by atoms with Gasteiger partial charge in [-0.3, -0.25) is 0 Å². The summed E-state index contributed by atoms with van der Waals surface area (Å²) < 4.78 is 5.73. The fourth-order valence-electron chi connectivity index (χ4n) is 4.36. The molecule has 0 radical (unpaired) electrons. The predicted molar refractivity (Wildman–Crippen MR) is 155 cm³/mol. The lowest BCUT2D eigenvalue weighted by Gasteiger charge is -2.09. The molecule has 4 N–H and O–H groups in total. The second-order valence-corrected chi connectivity index (χ2v) is 10.3. The molecule has 0 spiro atoms. The van der Waals surface area contributed by atoms with Crippen molar-refractivity contribution in [3.8, 4) is 0 Å². The molecule has 0 aliphatic carbocycles. The Bertz CT molecular complexity index is 626. The first kappa shape index (κ1) is 33.0. The molecular weight excluding hydrogens is 464 g/mol. The number of urea groups is 2. The maximum Gasteiger partial charge on any atom is 0.315 e. The van der Waals surface area contributed by atoms with E-state index in [2.05, 4.69) is 47.8 Å². The van der Waals surface area contributed by atoms with Crippen LogP contribution in [0.1, 0.15) is 110 Å². The van der Waals surface area contributed by atoms with Crippen molar-refractivity contribution in [1.82, 2.24) is 21.3 Å². The van der Waals surface area contributed by atoms with E-state index < -0.39 is 0 Å². The summed E-state index contributed by atoms with van der Waals surface area (Å²) in [5.41, 5.74) is 0. The summed E-state index contributed by atoms with van der Waals surface area (Å²) in [7, 11) is 0.